The quantitative estimate of drug-likeness (QED) is 0.659. The van der Waals surface area contributed by atoms with Gasteiger partial charge in [-0.05, 0) is 6.42 Å². The van der Waals surface area contributed by atoms with E-state index in [0.29, 0.717) is 5.41 Å². The van der Waals surface area contributed by atoms with Crippen LogP contribution in [0.4, 0.5) is 0 Å². The van der Waals surface area contributed by atoms with Crippen LogP contribution >= 0.6 is 0 Å². The van der Waals surface area contributed by atoms with Crippen molar-refractivity contribution in [2.75, 3.05) is 13.2 Å². The highest BCUT2D eigenvalue weighted by atomic mass is 16.5. The minimum absolute atomic E-state index is 0.400. The van der Waals surface area contributed by atoms with Crippen LogP contribution in [-0.4, -0.2) is 17.8 Å². The maximum atomic E-state index is 5.33. The number of hydrogen-bond acceptors (Lipinski definition) is 1. The maximum Gasteiger partial charge on any atom is 0.253 e. The standard InChI is InChI=1S/C11H19N2O/c1-4-11(8-14-9-11)7-13-6-5-12(3)10(13)2/h5-6H,4,7-9H2,1-3H3/q+1. The topological polar surface area (TPSA) is 18.0 Å². The molecule has 0 amide bonds. The Kier molecular flexibility index (Phi) is 2.35. The monoisotopic (exact) mass is 195 g/mol. The van der Waals surface area contributed by atoms with Crippen molar-refractivity contribution in [3.63, 3.8) is 0 Å². The van der Waals surface area contributed by atoms with Crippen molar-refractivity contribution in [3.8, 4) is 0 Å². The van der Waals surface area contributed by atoms with Crippen LogP contribution in [0.3, 0.4) is 0 Å². The normalized spacial score (nSPS) is 19.4. The zero-order chi connectivity index (χ0) is 10.2. The molecule has 0 spiro atoms. The first-order valence-electron chi connectivity index (χ1n) is 5.26. The molecule has 0 radical (unpaired) electrons. The van der Waals surface area contributed by atoms with E-state index in [0.717, 1.165) is 19.8 Å². The summed E-state index contributed by atoms with van der Waals surface area (Å²) in [6.07, 6.45) is 5.47. The van der Waals surface area contributed by atoms with Gasteiger partial charge in [0.2, 0.25) is 0 Å². The van der Waals surface area contributed by atoms with Gasteiger partial charge < -0.3 is 4.74 Å². The lowest BCUT2D eigenvalue weighted by Gasteiger charge is -2.39. The molecule has 1 aromatic heterocycles. The summed E-state index contributed by atoms with van der Waals surface area (Å²) < 4.78 is 9.81. The van der Waals surface area contributed by atoms with E-state index < -0.39 is 0 Å². The van der Waals surface area contributed by atoms with Gasteiger partial charge in [0.1, 0.15) is 18.9 Å². The van der Waals surface area contributed by atoms with Gasteiger partial charge in [-0.25, -0.2) is 9.13 Å². The Hall–Kier alpha value is -0.830. The average molecular weight is 195 g/mol. The van der Waals surface area contributed by atoms with Crippen molar-refractivity contribution in [2.24, 2.45) is 12.5 Å². The smallest absolute Gasteiger partial charge is 0.253 e. The van der Waals surface area contributed by atoms with Crippen molar-refractivity contribution in [1.82, 2.24) is 4.57 Å². The molecule has 0 unspecified atom stereocenters. The molecule has 14 heavy (non-hydrogen) atoms. The Morgan fingerprint density at radius 2 is 2.29 bits per heavy atom. The highest BCUT2D eigenvalue weighted by Crippen LogP contribution is 2.33. The minimum atomic E-state index is 0.400. The van der Waals surface area contributed by atoms with E-state index in [1.54, 1.807) is 0 Å². The van der Waals surface area contributed by atoms with Gasteiger partial charge in [0, 0.05) is 6.92 Å². The fraction of sp³-hybridized carbons (Fsp3) is 0.727. The van der Waals surface area contributed by atoms with E-state index in [2.05, 4.69) is 42.4 Å². The van der Waals surface area contributed by atoms with Gasteiger partial charge in [-0.1, -0.05) is 6.92 Å². The third-order valence-corrected chi connectivity index (χ3v) is 3.47. The van der Waals surface area contributed by atoms with Crippen LogP contribution in [0, 0.1) is 12.3 Å². The van der Waals surface area contributed by atoms with Crippen LogP contribution in [0.15, 0.2) is 12.4 Å². The van der Waals surface area contributed by atoms with E-state index >= 15 is 0 Å². The van der Waals surface area contributed by atoms with Gasteiger partial charge in [-0.3, -0.25) is 0 Å². The molecule has 1 saturated heterocycles. The molecule has 1 fully saturated rings. The molecule has 3 heteroatoms. The van der Waals surface area contributed by atoms with E-state index in [1.165, 1.54) is 12.2 Å². The van der Waals surface area contributed by atoms with Gasteiger partial charge >= 0.3 is 0 Å². The Bertz CT molecular complexity index is 321. The maximum absolute atomic E-state index is 5.33. The largest absolute Gasteiger partial charge is 0.380 e. The molecule has 0 aromatic carbocycles. The van der Waals surface area contributed by atoms with E-state index in [9.17, 15) is 0 Å². The Morgan fingerprint density at radius 3 is 2.64 bits per heavy atom. The number of hydrogen-bond donors (Lipinski definition) is 0. The molecule has 78 valence electrons. The number of ether oxygens (including phenoxy) is 1. The second-order valence-electron chi connectivity index (χ2n) is 4.43. The number of aromatic nitrogens is 2. The number of imidazole rings is 1. The zero-order valence-corrected chi connectivity index (χ0v) is 9.29. The van der Waals surface area contributed by atoms with Gasteiger partial charge in [0.25, 0.3) is 5.82 Å². The first-order chi connectivity index (χ1) is 6.67. The van der Waals surface area contributed by atoms with Crippen molar-refractivity contribution in [2.45, 2.75) is 26.8 Å². The fourth-order valence-corrected chi connectivity index (χ4v) is 1.93. The predicted octanol–water partition coefficient (Wildman–Crippen LogP) is 1.05. The average Bonchev–Trinajstić information content (AvgIpc) is 2.42. The summed E-state index contributed by atoms with van der Waals surface area (Å²) in [6, 6.07) is 0. The summed E-state index contributed by atoms with van der Waals surface area (Å²) in [5, 5.41) is 0. The highest BCUT2D eigenvalue weighted by Gasteiger charge is 2.39. The van der Waals surface area contributed by atoms with E-state index in [1.807, 2.05) is 0 Å². The first-order valence-corrected chi connectivity index (χ1v) is 5.26. The summed E-state index contributed by atoms with van der Waals surface area (Å²) in [6.45, 7) is 7.34. The fourth-order valence-electron chi connectivity index (χ4n) is 1.93. The zero-order valence-electron chi connectivity index (χ0n) is 9.29. The predicted molar refractivity (Wildman–Crippen MR) is 53.9 cm³/mol. The van der Waals surface area contributed by atoms with Crippen molar-refractivity contribution < 1.29 is 9.30 Å². The SMILES string of the molecule is CCC1(Cn2cc[n+](C)c2C)COC1. The van der Waals surface area contributed by atoms with Gasteiger partial charge in [-0.2, -0.15) is 0 Å². The lowest BCUT2D eigenvalue weighted by Crippen LogP contribution is -2.45. The molecule has 0 bridgehead atoms. The van der Waals surface area contributed by atoms with Crippen molar-refractivity contribution in [1.29, 1.82) is 0 Å². The molecular weight excluding hydrogens is 176 g/mol. The van der Waals surface area contributed by atoms with Gasteiger partial charge in [0.05, 0.1) is 25.7 Å². The molecule has 1 aliphatic heterocycles. The lowest BCUT2D eigenvalue weighted by atomic mass is 9.83. The van der Waals surface area contributed by atoms with Crippen LogP contribution in [-0.2, 0) is 18.3 Å². The number of rotatable bonds is 3. The molecule has 0 aliphatic carbocycles. The van der Waals surface area contributed by atoms with Crippen LogP contribution in [0.5, 0.6) is 0 Å². The highest BCUT2D eigenvalue weighted by molar-refractivity contribution is 4.89. The summed E-state index contributed by atoms with van der Waals surface area (Å²) in [7, 11) is 2.09. The summed E-state index contributed by atoms with van der Waals surface area (Å²) in [5.74, 6) is 1.31. The molecule has 0 N–H and O–H groups in total. The van der Waals surface area contributed by atoms with Crippen LogP contribution in [0.25, 0.3) is 0 Å². The molecule has 0 saturated carbocycles. The van der Waals surface area contributed by atoms with E-state index in [4.69, 9.17) is 4.74 Å². The van der Waals surface area contributed by atoms with Crippen LogP contribution in [0.2, 0.25) is 0 Å². The minimum Gasteiger partial charge on any atom is -0.380 e. The lowest BCUT2D eigenvalue weighted by molar-refractivity contribution is -0.677. The summed E-state index contributed by atoms with van der Waals surface area (Å²) in [4.78, 5) is 0. The Balaban J connectivity index is 2.13. The third kappa shape index (κ3) is 1.46. The van der Waals surface area contributed by atoms with Crippen molar-refractivity contribution >= 4 is 0 Å². The van der Waals surface area contributed by atoms with Gasteiger partial charge in [0.15, 0.2) is 0 Å². The molecule has 2 rings (SSSR count). The van der Waals surface area contributed by atoms with Gasteiger partial charge in [-0.15, -0.1) is 0 Å². The molecule has 1 aliphatic rings. The number of aryl methyl sites for hydroxylation is 1. The second-order valence-corrected chi connectivity index (χ2v) is 4.43. The van der Waals surface area contributed by atoms with Crippen molar-refractivity contribution in [3.05, 3.63) is 18.2 Å². The Labute approximate surface area is 85.3 Å². The number of nitrogens with zero attached hydrogens (tertiary/aromatic N) is 2. The van der Waals surface area contributed by atoms with Crippen LogP contribution < -0.4 is 4.57 Å². The van der Waals surface area contributed by atoms with Crippen LogP contribution in [0.1, 0.15) is 19.2 Å². The molecule has 0 atom stereocenters. The molecule has 2 heterocycles. The Morgan fingerprint density at radius 1 is 1.57 bits per heavy atom. The molecular formula is C11H19N2O+. The second kappa shape index (κ2) is 3.39. The summed E-state index contributed by atoms with van der Waals surface area (Å²) in [5.41, 5.74) is 0.400. The third-order valence-electron chi connectivity index (χ3n) is 3.47. The molecule has 3 nitrogen and oxygen atoms in total. The van der Waals surface area contributed by atoms with E-state index in [-0.39, 0.29) is 0 Å². The summed E-state index contributed by atoms with van der Waals surface area (Å²) >= 11 is 0. The first kappa shape index (κ1) is 9.71. The molecule has 1 aromatic rings.